The Balaban J connectivity index is 1.63. The number of hydrogen-bond donors (Lipinski definition) is 1. The van der Waals surface area contributed by atoms with Gasteiger partial charge < -0.3 is 14.5 Å². The SMILES string of the molecule is O=C(C[NH+]1CCOCC1)N1CCN(S(=O)(=O)c2ccccc2)C1c1ccccc1. The van der Waals surface area contributed by atoms with Crippen LogP contribution < -0.4 is 4.90 Å². The number of nitrogens with zero attached hydrogens (tertiary/aromatic N) is 2. The van der Waals surface area contributed by atoms with E-state index >= 15 is 0 Å². The molecule has 0 spiro atoms. The third kappa shape index (κ3) is 4.20. The van der Waals surface area contributed by atoms with Crippen molar-refractivity contribution in [3.05, 3.63) is 66.2 Å². The van der Waals surface area contributed by atoms with Gasteiger partial charge in [-0.1, -0.05) is 48.5 Å². The molecule has 2 saturated heterocycles. The summed E-state index contributed by atoms with van der Waals surface area (Å²) in [7, 11) is -3.72. The number of ether oxygens (including phenoxy) is 1. The van der Waals surface area contributed by atoms with Crippen LogP contribution in [-0.4, -0.2) is 69.5 Å². The molecule has 4 rings (SSSR count). The monoisotopic (exact) mass is 416 g/mol. The van der Waals surface area contributed by atoms with E-state index in [0.717, 1.165) is 18.7 Å². The molecule has 7 nitrogen and oxygen atoms in total. The van der Waals surface area contributed by atoms with Crippen LogP contribution in [0.5, 0.6) is 0 Å². The molecule has 0 aromatic heterocycles. The Kier molecular flexibility index (Phi) is 5.96. The smallest absolute Gasteiger partial charge is 0.279 e. The van der Waals surface area contributed by atoms with Gasteiger partial charge in [0.25, 0.3) is 5.91 Å². The molecule has 2 aromatic rings. The number of morpholine rings is 1. The first kappa shape index (κ1) is 20.0. The quantitative estimate of drug-likeness (QED) is 0.753. The summed E-state index contributed by atoms with van der Waals surface area (Å²) in [4.78, 5) is 16.3. The molecular weight excluding hydrogens is 390 g/mol. The first-order valence-corrected chi connectivity index (χ1v) is 11.3. The van der Waals surface area contributed by atoms with E-state index < -0.39 is 16.2 Å². The fourth-order valence-corrected chi connectivity index (χ4v) is 5.56. The van der Waals surface area contributed by atoms with Gasteiger partial charge in [-0.05, 0) is 17.7 Å². The zero-order valence-corrected chi connectivity index (χ0v) is 17.1. The molecule has 1 unspecified atom stereocenters. The molecule has 29 heavy (non-hydrogen) atoms. The van der Waals surface area contributed by atoms with E-state index in [1.165, 1.54) is 9.21 Å². The normalized spacial score (nSPS) is 21.4. The van der Waals surface area contributed by atoms with Gasteiger partial charge in [-0.25, -0.2) is 8.42 Å². The number of amides is 1. The van der Waals surface area contributed by atoms with Crippen LogP contribution in [0.25, 0.3) is 0 Å². The predicted octanol–water partition coefficient (Wildman–Crippen LogP) is 0.133. The van der Waals surface area contributed by atoms with E-state index in [4.69, 9.17) is 4.74 Å². The highest BCUT2D eigenvalue weighted by Crippen LogP contribution is 2.34. The minimum atomic E-state index is -3.72. The summed E-state index contributed by atoms with van der Waals surface area (Å²) < 4.78 is 33.5. The summed E-state index contributed by atoms with van der Waals surface area (Å²) in [5.74, 6) is -0.0264. The molecule has 1 atom stereocenters. The van der Waals surface area contributed by atoms with Crippen molar-refractivity contribution in [3.63, 3.8) is 0 Å². The van der Waals surface area contributed by atoms with Crippen LogP contribution in [0.15, 0.2) is 65.6 Å². The summed E-state index contributed by atoms with van der Waals surface area (Å²) in [6, 6.07) is 17.8. The van der Waals surface area contributed by atoms with E-state index in [0.29, 0.717) is 26.3 Å². The second kappa shape index (κ2) is 8.62. The van der Waals surface area contributed by atoms with Gasteiger partial charge in [0.2, 0.25) is 10.0 Å². The maximum atomic E-state index is 13.3. The lowest BCUT2D eigenvalue weighted by Gasteiger charge is -2.31. The first-order chi connectivity index (χ1) is 14.1. The number of quaternary nitrogens is 1. The molecule has 1 N–H and O–H groups in total. The molecule has 154 valence electrons. The molecule has 2 aromatic carbocycles. The zero-order chi connectivity index (χ0) is 20.3. The van der Waals surface area contributed by atoms with Gasteiger partial charge in [-0.15, -0.1) is 0 Å². The Bertz CT molecular complexity index is 931. The van der Waals surface area contributed by atoms with Crippen LogP contribution in [0.2, 0.25) is 0 Å². The Morgan fingerprint density at radius 1 is 0.966 bits per heavy atom. The molecule has 0 saturated carbocycles. The third-order valence-corrected chi connectivity index (χ3v) is 7.37. The average Bonchev–Trinajstić information content (AvgIpc) is 3.22. The van der Waals surface area contributed by atoms with Gasteiger partial charge in [0.15, 0.2) is 6.54 Å². The Morgan fingerprint density at radius 3 is 2.24 bits per heavy atom. The minimum Gasteiger partial charge on any atom is -0.370 e. The number of benzene rings is 2. The molecule has 8 heteroatoms. The van der Waals surface area contributed by atoms with Crippen LogP contribution in [0, 0.1) is 0 Å². The summed E-state index contributed by atoms with van der Waals surface area (Å²) in [5, 5.41) is 0. The third-order valence-electron chi connectivity index (χ3n) is 5.50. The Labute approximate surface area is 171 Å². The van der Waals surface area contributed by atoms with Crippen LogP contribution in [0.1, 0.15) is 11.7 Å². The van der Waals surface area contributed by atoms with Gasteiger partial charge in [0, 0.05) is 13.1 Å². The van der Waals surface area contributed by atoms with Gasteiger partial charge in [0.1, 0.15) is 19.3 Å². The molecular formula is C21H26N3O4S+. The van der Waals surface area contributed by atoms with E-state index in [2.05, 4.69) is 0 Å². The molecule has 2 aliphatic heterocycles. The second-order valence-electron chi connectivity index (χ2n) is 7.34. The second-order valence-corrected chi connectivity index (χ2v) is 9.23. The zero-order valence-electron chi connectivity index (χ0n) is 16.2. The summed E-state index contributed by atoms with van der Waals surface area (Å²) in [6.07, 6.45) is -0.630. The highest BCUT2D eigenvalue weighted by Gasteiger charge is 2.43. The van der Waals surface area contributed by atoms with Crippen molar-refractivity contribution in [1.82, 2.24) is 9.21 Å². The van der Waals surface area contributed by atoms with Crippen molar-refractivity contribution < 1.29 is 22.8 Å². The number of rotatable bonds is 5. The van der Waals surface area contributed by atoms with Crippen LogP contribution in [0.4, 0.5) is 0 Å². The van der Waals surface area contributed by atoms with Crippen molar-refractivity contribution in [2.75, 3.05) is 45.9 Å². The van der Waals surface area contributed by atoms with Gasteiger partial charge >= 0.3 is 0 Å². The topological polar surface area (TPSA) is 71.4 Å². The predicted molar refractivity (Wildman–Crippen MR) is 108 cm³/mol. The maximum absolute atomic E-state index is 13.3. The van der Waals surface area contributed by atoms with Crippen LogP contribution >= 0.6 is 0 Å². The number of carbonyl (C=O) groups excluding carboxylic acids is 1. The number of nitrogens with one attached hydrogen (secondary N) is 1. The fraction of sp³-hybridized carbons (Fsp3) is 0.381. The maximum Gasteiger partial charge on any atom is 0.279 e. The summed E-state index contributed by atoms with van der Waals surface area (Å²) >= 11 is 0. The highest BCUT2D eigenvalue weighted by atomic mass is 32.2. The molecule has 2 fully saturated rings. The van der Waals surface area contributed by atoms with E-state index in [1.807, 2.05) is 30.3 Å². The molecule has 0 aliphatic carbocycles. The first-order valence-electron chi connectivity index (χ1n) is 9.90. The number of carbonyl (C=O) groups is 1. The Hall–Kier alpha value is -2.26. The van der Waals surface area contributed by atoms with E-state index in [1.54, 1.807) is 35.2 Å². The fourth-order valence-electron chi connectivity index (χ4n) is 3.97. The average molecular weight is 417 g/mol. The summed E-state index contributed by atoms with van der Waals surface area (Å²) in [6.45, 7) is 3.91. The molecule has 1 amide bonds. The van der Waals surface area contributed by atoms with Crippen LogP contribution in [0.3, 0.4) is 0 Å². The molecule has 2 aliphatic rings. The lowest BCUT2D eigenvalue weighted by molar-refractivity contribution is -0.900. The highest BCUT2D eigenvalue weighted by molar-refractivity contribution is 7.89. The lowest BCUT2D eigenvalue weighted by atomic mass is 10.1. The van der Waals surface area contributed by atoms with Gasteiger partial charge in [-0.2, -0.15) is 4.31 Å². The number of sulfonamides is 1. The van der Waals surface area contributed by atoms with Gasteiger partial charge in [0.05, 0.1) is 18.1 Å². The standard InChI is InChI=1S/C21H25N3O4S/c25-20(17-22-13-15-28-16-14-22)23-11-12-24(21(23)18-7-3-1-4-8-18)29(26,27)19-9-5-2-6-10-19/h1-10,21H,11-17H2/p+1. The van der Waals surface area contributed by atoms with Crippen molar-refractivity contribution in [2.24, 2.45) is 0 Å². The van der Waals surface area contributed by atoms with Crippen molar-refractivity contribution >= 4 is 15.9 Å². The lowest BCUT2D eigenvalue weighted by Crippen LogP contribution is -3.15. The molecule has 0 radical (unpaired) electrons. The van der Waals surface area contributed by atoms with Crippen LogP contribution in [-0.2, 0) is 19.6 Å². The van der Waals surface area contributed by atoms with E-state index in [9.17, 15) is 13.2 Å². The van der Waals surface area contributed by atoms with Crippen molar-refractivity contribution in [2.45, 2.75) is 11.1 Å². The van der Waals surface area contributed by atoms with Crippen molar-refractivity contribution in [3.8, 4) is 0 Å². The number of hydrogen-bond acceptors (Lipinski definition) is 4. The largest absolute Gasteiger partial charge is 0.370 e. The van der Waals surface area contributed by atoms with Gasteiger partial charge in [-0.3, -0.25) is 4.79 Å². The molecule has 0 bridgehead atoms. The molecule has 2 heterocycles. The van der Waals surface area contributed by atoms with Crippen molar-refractivity contribution in [1.29, 1.82) is 0 Å². The Morgan fingerprint density at radius 2 is 1.59 bits per heavy atom. The minimum absolute atomic E-state index is 0.0264. The van der Waals surface area contributed by atoms with E-state index in [-0.39, 0.29) is 17.3 Å². The summed E-state index contributed by atoms with van der Waals surface area (Å²) in [5.41, 5.74) is 0.801.